The molecule has 2 atom stereocenters. The van der Waals surface area contributed by atoms with Gasteiger partial charge in [-0.2, -0.15) is 5.26 Å². The highest BCUT2D eigenvalue weighted by molar-refractivity contribution is 8.00. The molecule has 1 heterocycles. The van der Waals surface area contributed by atoms with E-state index in [0.717, 1.165) is 0 Å². The summed E-state index contributed by atoms with van der Waals surface area (Å²) < 4.78 is 0. The van der Waals surface area contributed by atoms with Gasteiger partial charge < -0.3 is 10.0 Å². The molecule has 0 aliphatic carbocycles. The summed E-state index contributed by atoms with van der Waals surface area (Å²) >= 11 is 1.45. The van der Waals surface area contributed by atoms with Crippen molar-refractivity contribution < 1.29 is 14.7 Å². The highest BCUT2D eigenvalue weighted by Crippen LogP contribution is 2.29. The zero-order valence-corrected chi connectivity index (χ0v) is 11.3. The molecule has 0 bridgehead atoms. The van der Waals surface area contributed by atoms with Crippen molar-refractivity contribution in [2.75, 3.05) is 18.8 Å². The van der Waals surface area contributed by atoms with Gasteiger partial charge in [0.2, 0.25) is 0 Å². The lowest BCUT2D eigenvalue weighted by Gasteiger charge is -2.31. The minimum Gasteiger partial charge on any atom is -0.480 e. The molecule has 1 rings (SSSR count). The minimum atomic E-state index is -0.975. The summed E-state index contributed by atoms with van der Waals surface area (Å²) in [5, 5.41) is 17.5. The largest absolute Gasteiger partial charge is 0.480 e. The Morgan fingerprint density at radius 3 is 2.78 bits per heavy atom. The third kappa shape index (κ3) is 3.07. The first-order chi connectivity index (χ1) is 8.52. The lowest BCUT2D eigenvalue weighted by atomic mass is 10.3. The molecule has 7 heteroatoms. The summed E-state index contributed by atoms with van der Waals surface area (Å²) in [7, 11) is 0. The van der Waals surface area contributed by atoms with Crippen LogP contribution in [0.1, 0.15) is 20.3 Å². The van der Waals surface area contributed by atoms with Gasteiger partial charge in [0.15, 0.2) is 0 Å². The maximum atomic E-state index is 12.3. The van der Waals surface area contributed by atoms with E-state index in [1.54, 1.807) is 0 Å². The Balaban J connectivity index is 2.79. The van der Waals surface area contributed by atoms with Gasteiger partial charge in [-0.1, -0.05) is 0 Å². The normalized spacial score (nSPS) is 22.6. The predicted molar refractivity (Wildman–Crippen MR) is 68.1 cm³/mol. The number of aliphatic carboxylic acids is 1. The molecular formula is C11H17N3O3S. The van der Waals surface area contributed by atoms with Crippen LogP contribution in [-0.4, -0.2) is 57.2 Å². The fourth-order valence-electron chi connectivity index (χ4n) is 1.86. The van der Waals surface area contributed by atoms with E-state index in [-0.39, 0.29) is 17.8 Å². The molecule has 100 valence electrons. The number of rotatable bonds is 4. The quantitative estimate of drug-likeness (QED) is 0.830. The number of carbonyl (C=O) groups is 2. The van der Waals surface area contributed by atoms with E-state index < -0.39 is 12.0 Å². The smallest absolute Gasteiger partial charge is 0.327 e. The second-order valence-electron chi connectivity index (χ2n) is 3.96. The molecule has 0 radical (unpaired) electrons. The number of carboxylic acid groups (broad SMARTS) is 1. The van der Waals surface area contributed by atoms with Crippen molar-refractivity contribution in [3.63, 3.8) is 0 Å². The number of amides is 2. The maximum Gasteiger partial charge on any atom is 0.327 e. The van der Waals surface area contributed by atoms with Gasteiger partial charge in [-0.25, -0.2) is 9.59 Å². The highest BCUT2D eigenvalue weighted by Gasteiger charge is 2.40. The standard InChI is InChI=1S/C11H17N3O3S/c1-3-13(6-4-5-12)11(17)14-8(2)18-7-9(14)10(15)16/h8-9H,3-4,6-7H2,1-2H3,(H,15,16). The number of carbonyl (C=O) groups excluding carboxylic acids is 1. The van der Waals surface area contributed by atoms with Crippen molar-refractivity contribution in [3.8, 4) is 6.07 Å². The zero-order chi connectivity index (χ0) is 13.7. The van der Waals surface area contributed by atoms with E-state index in [1.165, 1.54) is 21.6 Å². The SMILES string of the molecule is CCN(CCC#N)C(=O)N1C(C)SCC1C(=O)O. The molecular weight excluding hydrogens is 254 g/mol. The van der Waals surface area contributed by atoms with Crippen LogP contribution in [0.3, 0.4) is 0 Å². The van der Waals surface area contributed by atoms with E-state index in [9.17, 15) is 9.59 Å². The molecule has 0 aromatic carbocycles. The molecule has 0 spiro atoms. The molecule has 0 aromatic heterocycles. The van der Waals surface area contributed by atoms with Crippen molar-refractivity contribution in [1.82, 2.24) is 9.80 Å². The van der Waals surface area contributed by atoms with E-state index in [2.05, 4.69) is 0 Å². The molecule has 2 amide bonds. The molecule has 0 aromatic rings. The van der Waals surface area contributed by atoms with E-state index in [1.807, 2.05) is 19.9 Å². The molecule has 1 aliphatic heterocycles. The molecule has 18 heavy (non-hydrogen) atoms. The minimum absolute atomic E-state index is 0.144. The van der Waals surface area contributed by atoms with Crippen molar-refractivity contribution in [1.29, 1.82) is 5.26 Å². The van der Waals surface area contributed by atoms with Crippen LogP contribution in [0.2, 0.25) is 0 Å². The van der Waals surface area contributed by atoms with Gasteiger partial charge in [0.25, 0.3) is 0 Å². The Hall–Kier alpha value is -1.42. The number of nitrogens with zero attached hydrogens (tertiary/aromatic N) is 3. The maximum absolute atomic E-state index is 12.3. The molecule has 1 fully saturated rings. The highest BCUT2D eigenvalue weighted by atomic mass is 32.2. The molecule has 1 N–H and O–H groups in total. The Bertz CT molecular complexity index is 369. The number of thioether (sulfide) groups is 1. The Morgan fingerprint density at radius 1 is 1.61 bits per heavy atom. The second-order valence-corrected chi connectivity index (χ2v) is 5.31. The van der Waals surface area contributed by atoms with Crippen molar-refractivity contribution in [3.05, 3.63) is 0 Å². The van der Waals surface area contributed by atoms with Crippen LogP contribution in [0, 0.1) is 11.3 Å². The molecule has 6 nitrogen and oxygen atoms in total. The van der Waals surface area contributed by atoms with E-state index in [0.29, 0.717) is 18.8 Å². The van der Waals surface area contributed by atoms with Gasteiger partial charge in [-0.15, -0.1) is 11.8 Å². The number of nitriles is 1. The Morgan fingerprint density at radius 2 is 2.28 bits per heavy atom. The fourth-order valence-corrected chi connectivity index (χ4v) is 3.02. The summed E-state index contributed by atoms with van der Waals surface area (Å²) in [6, 6.07) is 0.926. The first-order valence-electron chi connectivity index (χ1n) is 5.81. The van der Waals surface area contributed by atoms with Crippen LogP contribution in [0.25, 0.3) is 0 Å². The van der Waals surface area contributed by atoms with Gasteiger partial charge in [-0.05, 0) is 13.8 Å². The first-order valence-corrected chi connectivity index (χ1v) is 6.86. The first kappa shape index (κ1) is 14.6. The van der Waals surface area contributed by atoms with Crippen molar-refractivity contribution >= 4 is 23.8 Å². The van der Waals surface area contributed by atoms with Gasteiger partial charge in [0, 0.05) is 18.8 Å². The number of hydrogen-bond donors (Lipinski definition) is 1. The third-order valence-electron chi connectivity index (χ3n) is 2.87. The fraction of sp³-hybridized carbons (Fsp3) is 0.727. The average Bonchev–Trinajstić information content (AvgIpc) is 2.72. The summed E-state index contributed by atoms with van der Waals surface area (Å²) in [6.07, 6.45) is 0.257. The summed E-state index contributed by atoms with van der Waals surface area (Å²) in [5.41, 5.74) is 0. The average molecular weight is 271 g/mol. The van der Waals surface area contributed by atoms with Crippen LogP contribution in [0.5, 0.6) is 0 Å². The topological polar surface area (TPSA) is 84.6 Å². The van der Waals surface area contributed by atoms with Gasteiger partial charge in [-0.3, -0.25) is 4.90 Å². The van der Waals surface area contributed by atoms with E-state index in [4.69, 9.17) is 10.4 Å². The van der Waals surface area contributed by atoms with Gasteiger partial charge in [0.1, 0.15) is 6.04 Å². The second kappa shape index (κ2) is 6.50. The lowest BCUT2D eigenvalue weighted by Crippen LogP contribution is -2.51. The third-order valence-corrected chi connectivity index (χ3v) is 4.09. The van der Waals surface area contributed by atoms with Gasteiger partial charge >= 0.3 is 12.0 Å². The predicted octanol–water partition coefficient (Wildman–Crippen LogP) is 1.19. The van der Waals surface area contributed by atoms with Crippen LogP contribution in [0.15, 0.2) is 0 Å². The van der Waals surface area contributed by atoms with Gasteiger partial charge in [0.05, 0.1) is 17.9 Å². The molecule has 2 unspecified atom stereocenters. The van der Waals surface area contributed by atoms with Crippen LogP contribution >= 0.6 is 11.8 Å². The number of carboxylic acids is 1. The van der Waals surface area contributed by atoms with Crippen molar-refractivity contribution in [2.24, 2.45) is 0 Å². The number of hydrogen-bond acceptors (Lipinski definition) is 4. The van der Waals surface area contributed by atoms with Crippen LogP contribution in [0.4, 0.5) is 4.79 Å². The number of urea groups is 1. The molecule has 1 saturated heterocycles. The monoisotopic (exact) mass is 271 g/mol. The van der Waals surface area contributed by atoms with E-state index >= 15 is 0 Å². The summed E-state index contributed by atoms with van der Waals surface area (Å²) in [4.78, 5) is 26.3. The molecule has 0 saturated carbocycles. The summed E-state index contributed by atoms with van der Waals surface area (Å²) in [6.45, 7) is 4.45. The van der Waals surface area contributed by atoms with Crippen LogP contribution in [-0.2, 0) is 4.79 Å². The summed E-state index contributed by atoms with van der Waals surface area (Å²) in [5.74, 6) is -0.561. The zero-order valence-electron chi connectivity index (χ0n) is 10.5. The Labute approximate surface area is 111 Å². The Kier molecular flexibility index (Phi) is 5.28. The lowest BCUT2D eigenvalue weighted by molar-refractivity contribution is -0.141. The molecule has 1 aliphatic rings. The van der Waals surface area contributed by atoms with Crippen molar-refractivity contribution in [2.45, 2.75) is 31.7 Å². The van der Waals surface area contributed by atoms with Crippen LogP contribution < -0.4 is 0 Å².